The van der Waals surface area contributed by atoms with Crippen molar-refractivity contribution in [2.24, 2.45) is 5.84 Å². The number of carbonyl (C=O) groups is 1. The fourth-order valence-corrected chi connectivity index (χ4v) is 1.78. The van der Waals surface area contributed by atoms with Crippen molar-refractivity contribution in [2.45, 2.75) is 0 Å². The molecule has 0 fully saturated rings. The molecule has 2 aromatic rings. The number of halogens is 3. The molecule has 1 amide bonds. The van der Waals surface area contributed by atoms with E-state index in [2.05, 4.69) is 10.7 Å². The number of carbonyl (C=O) groups excluding carboxylic acids is 1. The molecule has 0 atom stereocenters. The van der Waals surface area contributed by atoms with Crippen LogP contribution in [0, 0.1) is 11.6 Å². The number of nitrogen functional groups attached to an aromatic ring is 1. The molecule has 20 heavy (non-hydrogen) atoms. The van der Waals surface area contributed by atoms with Gasteiger partial charge in [-0.2, -0.15) is 0 Å². The maximum absolute atomic E-state index is 13.5. The lowest BCUT2D eigenvalue weighted by Gasteiger charge is -2.10. The predicted molar refractivity (Wildman–Crippen MR) is 73.6 cm³/mol. The zero-order valence-corrected chi connectivity index (χ0v) is 10.8. The molecule has 2 aromatic carbocycles. The van der Waals surface area contributed by atoms with Crippen molar-refractivity contribution in [3.63, 3.8) is 0 Å². The third-order valence-electron chi connectivity index (χ3n) is 2.56. The van der Waals surface area contributed by atoms with E-state index in [9.17, 15) is 13.6 Å². The summed E-state index contributed by atoms with van der Waals surface area (Å²) in [5.41, 5.74) is 2.67. The highest BCUT2D eigenvalue weighted by Crippen LogP contribution is 2.22. The average Bonchev–Trinajstić information content (AvgIpc) is 2.41. The highest BCUT2D eigenvalue weighted by Gasteiger charge is 2.14. The van der Waals surface area contributed by atoms with Crippen LogP contribution in [0.15, 0.2) is 36.4 Å². The zero-order chi connectivity index (χ0) is 14.7. The number of nitrogens with two attached hydrogens (primary N) is 1. The molecule has 4 N–H and O–H groups in total. The van der Waals surface area contributed by atoms with Crippen molar-refractivity contribution in [1.29, 1.82) is 0 Å². The van der Waals surface area contributed by atoms with Crippen molar-refractivity contribution < 1.29 is 13.6 Å². The normalized spacial score (nSPS) is 10.2. The van der Waals surface area contributed by atoms with Gasteiger partial charge in [-0.3, -0.25) is 10.6 Å². The Labute approximate surface area is 118 Å². The van der Waals surface area contributed by atoms with Gasteiger partial charge in [0.2, 0.25) is 0 Å². The number of rotatable bonds is 3. The first kappa shape index (κ1) is 14.2. The highest BCUT2D eigenvalue weighted by molar-refractivity contribution is 6.31. The molecule has 4 nitrogen and oxygen atoms in total. The Morgan fingerprint density at radius 3 is 2.45 bits per heavy atom. The van der Waals surface area contributed by atoms with E-state index in [0.717, 1.165) is 12.1 Å². The maximum atomic E-state index is 13.5. The number of anilines is 2. The number of hydrogen-bond donors (Lipinski definition) is 3. The minimum Gasteiger partial charge on any atom is -0.323 e. The fourth-order valence-electron chi connectivity index (χ4n) is 1.61. The van der Waals surface area contributed by atoms with Crippen LogP contribution in [-0.2, 0) is 0 Å². The number of amides is 1. The Morgan fingerprint density at radius 1 is 1.10 bits per heavy atom. The fraction of sp³-hybridized carbons (Fsp3) is 0. The van der Waals surface area contributed by atoms with Gasteiger partial charge in [0, 0.05) is 11.1 Å². The lowest BCUT2D eigenvalue weighted by atomic mass is 10.1. The van der Waals surface area contributed by atoms with Gasteiger partial charge >= 0.3 is 0 Å². The van der Waals surface area contributed by atoms with Crippen LogP contribution >= 0.6 is 11.6 Å². The van der Waals surface area contributed by atoms with E-state index < -0.39 is 17.5 Å². The van der Waals surface area contributed by atoms with Gasteiger partial charge in [0.1, 0.15) is 11.6 Å². The first-order chi connectivity index (χ1) is 9.51. The van der Waals surface area contributed by atoms with Crippen LogP contribution in [0.5, 0.6) is 0 Å². The molecular weight excluding hydrogens is 288 g/mol. The third kappa shape index (κ3) is 3.04. The largest absolute Gasteiger partial charge is 0.323 e. The molecule has 0 radical (unpaired) electrons. The molecule has 7 heteroatoms. The summed E-state index contributed by atoms with van der Waals surface area (Å²) < 4.78 is 26.2. The van der Waals surface area contributed by atoms with Crippen LogP contribution in [0.1, 0.15) is 10.4 Å². The standard InChI is InChI=1S/C13H10ClF2N3O/c14-7-1-3-11(19-17)9(5-7)13(20)18-12-4-2-8(15)6-10(12)16/h1-6,19H,17H2,(H,18,20). The number of benzene rings is 2. The Morgan fingerprint density at radius 2 is 1.80 bits per heavy atom. The second-order valence-corrected chi connectivity index (χ2v) is 4.35. The van der Waals surface area contributed by atoms with Crippen molar-refractivity contribution in [2.75, 3.05) is 10.7 Å². The quantitative estimate of drug-likeness (QED) is 0.602. The molecule has 0 heterocycles. The Balaban J connectivity index is 2.30. The van der Waals surface area contributed by atoms with Gasteiger partial charge in [0.05, 0.1) is 16.9 Å². The molecule has 0 saturated carbocycles. The third-order valence-corrected chi connectivity index (χ3v) is 2.80. The molecule has 2 rings (SSSR count). The minimum atomic E-state index is -0.873. The SMILES string of the molecule is NNc1ccc(Cl)cc1C(=O)Nc1ccc(F)cc1F. The topological polar surface area (TPSA) is 67.1 Å². The van der Waals surface area contributed by atoms with Gasteiger partial charge in [-0.1, -0.05) is 11.6 Å². The zero-order valence-electron chi connectivity index (χ0n) is 10.1. The first-order valence-electron chi connectivity index (χ1n) is 5.54. The van der Waals surface area contributed by atoms with E-state index >= 15 is 0 Å². The van der Waals surface area contributed by atoms with E-state index in [1.807, 2.05) is 0 Å². The summed E-state index contributed by atoms with van der Waals surface area (Å²) in [7, 11) is 0. The summed E-state index contributed by atoms with van der Waals surface area (Å²) in [6, 6.07) is 7.29. The summed E-state index contributed by atoms with van der Waals surface area (Å²) in [6.45, 7) is 0. The summed E-state index contributed by atoms with van der Waals surface area (Å²) in [5, 5.41) is 2.65. The van der Waals surface area contributed by atoms with Gasteiger partial charge in [0.15, 0.2) is 0 Å². The second-order valence-electron chi connectivity index (χ2n) is 3.91. The molecule has 104 valence electrons. The highest BCUT2D eigenvalue weighted by atomic mass is 35.5. The molecule has 0 aliphatic heterocycles. The lowest BCUT2D eigenvalue weighted by molar-refractivity contribution is 0.102. The summed E-state index contributed by atoms with van der Waals surface area (Å²) in [6.07, 6.45) is 0. The smallest absolute Gasteiger partial charge is 0.257 e. The van der Waals surface area contributed by atoms with Crippen LogP contribution in [0.3, 0.4) is 0 Å². The van der Waals surface area contributed by atoms with Gasteiger partial charge in [-0.25, -0.2) is 8.78 Å². The Hall–Kier alpha value is -2.18. The first-order valence-corrected chi connectivity index (χ1v) is 5.91. The van der Waals surface area contributed by atoms with Gasteiger partial charge in [0.25, 0.3) is 5.91 Å². The molecule has 0 aliphatic carbocycles. The van der Waals surface area contributed by atoms with E-state index in [1.165, 1.54) is 12.1 Å². The summed E-state index contributed by atoms with van der Waals surface area (Å²) in [4.78, 5) is 12.1. The van der Waals surface area contributed by atoms with Gasteiger partial charge in [-0.15, -0.1) is 0 Å². The Bertz CT molecular complexity index is 664. The Kier molecular flexibility index (Phi) is 4.16. The average molecular weight is 298 g/mol. The molecule has 0 unspecified atom stereocenters. The number of hydrazine groups is 1. The minimum absolute atomic E-state index is 0.139. The second kappa shape index (κ2) is 5.85. The van der Waals surface area contributed by atoms with Gasteiger partial charge < -0.3 is 10.7 Å². The molecule has 0 bridgehead atoms. The molecule has 0 aliphatic rings. The molecular formula is C13H10ClF2N3O. The van der Waals surface area contributed by atoms with E-state index in [4.69, 9.17) is 17.4 Å². The van der Waals surface area contributed by atoms with Crippen molar-refractivity contribution in [3.8, 4) is 0 Å². The van der Waals surface area contributed by atoms with Gasteiger partial charge in [-0.05, 0) is 30.3 Å². The van der Waals surface area contributed by atoms with Crippen molar-refractivity contribution >= 4 is 28.9 Å². The summed E-state index contributed by atoms with van der Waals surface area (Å²) >= 11 is 5.80. The van der Waals surface area contributed by atoms with E-state index in [-0.39, 0.29) is 11.3 Å². The number of hydrogen-bond acceptors (Lipinski definition) is 3. The monoisotopic (exact) mass is 297 g/mol. The van der Waals surface area contributed by atoms with Crippen LogP contribution in [0.25, 0.3) is 0 Å². The molecule has 0 spiro atoms. The van der Waals surface area contributed by atoms with Crippen molar-refractivity contribution in [3.05, 3.63) is 58.6 Å². The lowest BCUT2D eigenvalue weighted by Crippen LogP contribution is -2.17. The number of nitrogens with one attached hydrogen (secondary N) is 2. The maximum Gasteiger partial charge on any atom is 0.257 e. The molecule has 0 aromatic heterocycles. The van der Waals surface area contributed by atoms with Crippen LogP contribution < -0.4 is 16.6 Å². The van der Waals surface area contributed by atoms with E-state index in [1.54, 1.807) is 6.07 Å². The summed E-state index contributed by atoms with van der Waals surface area (Å²) in [5.74, 6) is 3.06. The van der Waals surface area contributed by atoms with Crippen LogP contribution in [-0.4, -0.2) is 5.91 Å². The van der Waals surface area contributed by atoms with E-state index in [0.29, 0.717) is 16.8 Å². The van der Waals surface area contributed by atoms with Crippen molar-refractivity contribution in [1.82, 2.24) is 0 Å². The molecule has 0 saturated heterocycles. The van der Waals surface area contributed by atoms with Crippen LogP contribution in [0.4, 0.5) is 20.2 Å². The van der Waals surface area contributed by atoms with Crippen LogP contribution in [0.2, 0.25) is 5.02 Å². The predicted octanol–water partition coefficient (Wildman–Crippen LogP) is 3.16.